The molecule has 0 aliphatic carbocycles. The van der Waals surface area contributed by atoms with E-state index in [0.29, 0.717) is 0 Å². The molecule has 0 spiro atoms. The van der Waals surface area contributed by atoms with Gasteiger partial charge in [-0.05, 0) is 42.5 Å². The maximum Gasteiger partial charge on any atom is 0.261 e. The van der Waals surface area contributed by atoms with Crippen molar-refractivity contribution in [1.29, 1.82) is 0 Å². The molecule has 0 aliphatic rings. The van der Waals surface area contributed by atoms with Gasteiger partial charge in [0.15, 0.2) is 0 Å². The molecule has 5 N–H and O–H groups in total. The minimum atomic E-state index is -3.87. The third-order valence-corrected chi connectivity index (χ3v) is 4.09. The van der Waals surface area contributed by atoms with E-state index in [1.165, 1.54) is 36.4 Å². The van der Waals surface area contributed by atoms with Crippen LogP contribution in [0.15, 0.2) is 47.4 Å². The molecule has 0 radical (unpaired) electrons. The molecule has 0 unspecified atom stereocenters. The van der Waals surface area contributed by atoms with Gasteiger partial charge in [0.25, 0.3) is 10.0 Å². The summed E-state index contributed by atoms with van der Waals surface area (Å²) in [5.41, 5.74) is 10.6. The van der Waals surface area contributed by atoms with E-state index in [4.69, 9.17) is 11.5 Å². The quantitative estimate of drug-likeness (QED) is 0.738. The number of anilines is 2. The lowest BCUT2D eigenvalue weighted by Crippen LogP contribution is -2.14. The number of carbonyl (C=O) groups excluding carboxylic acids is 1. The standard InChI is InChI=1S/C13H12FN3O3S/c14-11-6-3-9(7-12(11)15)17-21(19,20)10-4-1-8(2-5-10)13(16)18/h1-7,17H,15H2,(H2,16,18). The van der Waals surface area contributed by atoms with Crippen LogP contribution in [0.4, 0.5) is 15.8 Å². The van der Waals surface area contributed by atoms with Gasteiger partial charge in [0.2, 0.25) is 5.91 Å². The molecular weight excluding hydrogens is 297 g/mol. The number of rotatable bonds is 4. The molecule has 0 heterocycles. The molecule has 2 aromatic rings. The van der Waals surface area contributed by atoms with Gasteiger partial charge in [0.1, 0.15) is 5.82 Å². The van der Waals surface area contributed by atoms with Crippen molar-refractivity contribution in [1.82, 2.24) is 0 Å². The molecule has 0 saturated heterocycles. The first-order valence-electron chi connectivity index (χ1n) is 5.77. The molecule has 1 amide bonds. The van der Waals surface area contributed by atoms with E-state index in [-0.39, 0.29) is 21.8 Å². The highest BCUT2D eigenvalue weighted by molar-refractivity contribution is 7.92. The summed E-state index contributed by atoms with van der Waals surface area (Å²) in [6.07, 6.45) is 0. The number of nitrogens with two attached hydrogens (primary N) is 2. The first-order valence-corrected chi connectivity index (χ1v) is 7.25. The molecule has 2 aromatic carbocycles. The van der Waals surface area contributed by atoms with E-state index in [1.807, 2.05) is 0 Å². The summed E-state index contributed by atoms with van der Waals surface area (Å²) in [4.78, 5) is 10.9. The molecule has 0 fully saturated rings. The van der Waals surface area contributed by atoms with Crippen molar-refractivity contribution in [2.24, 2.45) is 5.73 Å². The Balaban J connectivity index is 2.29. The van der Waals surface area contributed by atoms with Crippen LogP contribution < -0.4 is 16.2 Å². The molecular formula is C13H12FN3O3S. The van der Waals surface area contributed by atoms with E-state index in [1.54, 1.807) is 0 Å². The third-order valence-electron chi connectivity index (χ3n) is 2.70. The van der Waals surface area contributed by atoms with Gasteiger partial charge in [-0.3, -0.25) is 9.52 Å². The number of sulfonamides is 1. The lowest BCUT2D eigenvalue weighted by molar-refractivity contribution is 0.1000. The van der Waals surface area contributed by atoms with Gasteiger partial charge in [-0.1, -0.05) is 0 Å². The smallest absolute Gasteiger partial charge is 0.261 e. The Kier molecular flexibility index (Phi) is 3.81. The highest BCUT2D eigenvalue weighted by atomic mass is 32.2. The third kappa shape index (κ3) is 3.29. The van der Waals surface area contributed by atoms with Crippen molar-refractivity contribution in [2.75, 3.05) is 10.5 Å². The van der Waals surface area contributed by atoms with Gasteiger partial charge >= 0.3 is 0 Å². The minimum absolute atomic E-state index is 0.0598. The molecule has 8 heteroatoms. The summed E-state index contributed by atoms with van der Waals surface area (Å²) < 4.78 is 39.5. The second-order valence-corrected chi connectivity index (χ2v) is 5.91. The van der Waals surface area contributed by atoms with E-state index < -0.39 is 21.7 Å². The van der Waals surface area contributed by atoms with Gasteiger partial charge in [-0.25, -0.2) is 12.8 Å². The van der Waals surface area contributed by atoms with Crippen LogP contribution in [0, 0.1) is 5.82 Å². The van der Waals surface area contributed by atoms with E-state index in [2.05, 4.69) is 4.72 Å². The molecule has 6 nitrogen and oxygen atoms in total. The SMILES string of the molecule is NC(=O)c1ccc(S(=O)(=O)Nc2ccc(F)c(N)c2)cc1. The van der Waals surface area contributed by atoms with Gasteiger partial charge in [-0.2, -0.15) is 0 Å². The van der Waals surface area contributed by atoms with E-state index >= 15 is 0 Å². The number of halogens is 1. The van der Waals surface area contributed by atoms with Crippen LogP contribution in [-0.4, -0.2) is 14.3 Å². The molecule has 110 valence electrons. The van der Waals surface area contributed by atoms with Crippen LogP contribution in [0.25, 0.3) is 0 Å². The van der Waals surface area contributed by atoms with Crippen LogP contribution in [0.3, 0.4) is 0 Å². The van der Waals surface area contributed by atoms with E-state index in [9.17, 15) is 17.6 Å². The zero-order valence-corrected chi connectivity index (χ0v) is 11.5. The lowest BCUT2D eigenvalue weighted by atomic mass is 10.2. The number of nitrogens with one attached hydrogen (secondary N) is 1. The zero-order valence-electron chi connectivity index (χ0n) is 10.7. The molecule has 0 aromatic heterocycles. The number of hydrogen-bond acceptors (Lipinski definition) is 4. The second-order valence-electron chi connectivity index (χ2n) is 4.23. The van der Waals surface area contributed by atoms with Crippen LogP contribution >= 0.6 is 0 Å². The topological polar surface area (TPSA) is 115 Å². The first-order chi connectivity index (χ1) is 9.79. The van der Waals surface area contributed by atoms with Crippen molar-refractivity contribution in [2.45, 2.75) is 4.90 Å². The normalized spacial score (nSPS) is 11.1. The van der Waals surface area contributed by atoms with Gasteiger partial charge in [-0.15, -0.1) is 0 Å². The molecule has 0 saturated carbocycles. The largest absolute Gasteiger partial charge is 0.396 e. The number of primary amides is 1. The van der Waals surface area contributed by atoms with Gasteiger partial charge < -0.3 is 11.5 Å². The fourth-order valence-electron chi connectivity index (χ4n) is 1.62. The summed E-state index contributed by atoms with van der Waals surface area (Å²) in [7, 11) is -3.87. The van der Waals surface area contributed by atoms with Crippen molar-refractivity contribution >= 4 is 27.3 Å². The molecule has 0 bridgehead atoms. The number of carbonyl (C=O) groups is 1. The molecule has 2 rings (SSSR count). The lowest BCUT2D eigenvalue weighted by Gasteiger charge is -2.09. The molecule has 0 atom stereocenters. The Labute approximate surface area is 120 Å². The van der Waals surface area contributed by atoms with E-state index in [0.717, 1.165) is 6.07 Å². The fraction of sp³-hybridized carbons (Fsp3) is 0. The van der Waals surface area contributed by atoms with Crippen molar-refractivity contribution in [3.05, 3.63) is 53.8 Å². The maximum atomic E-state index is 13.0. The van der Waals surface area contributed by atoms with Crippen LogP contribution in [0.2, 0.25) is 0 Å². The second kappa shape index (κ2) is 5.41. The Bertz CT molecular complexity index is 789. The summed E-state index contributed by atoms with van der Waals surface area (Å²) in [6.45, 7) is 0. The van der Waals surface area contributed by atoms with Crippen molar-refractivity contribution in [3.8, 4) is 0 Å². The van der Waals surface area contributed by atoms with Crippen molar-refractivity contribution < 1.29 is 17.6 Å². The van der Waals surface area contributed by atoms with Gasteiger partial charge in [0, 0.05) is 5.56 Å². The highest BCUT2D eigenvalue weighted by Crippen LogP contribution is 2.20. The average Bonchev–Trinajstić information content (AvgIpc) is 2.43. The Morgan fingerprint density at radius 1 is 1.10 bits per heavy atom. The van der Waals surface area contributed by atoms with Gasteiger partial charge in [0.05, 0.1) is 16.3 Å². The van der Waals surface area contributed by atoms with Crippen LogP contribution in [0.1, 0.15) is 10.4 Å². The number of amides is 1. The average molecular weight is 309 g/mol. The van der Waals surface area contributed by atoms with Crippen LogP contribution in [0.5, 0.6) is 0 Å². The predicted molar refractivity (Wildman–Crippen MR) is 76.6 cm³/mol. The maximum absolute atomic E-state index is 13.0. The Morgan fingerprint density at radius 3 is 2.24 bits per heavy atom. The summed E-state index contributed by atoms with van der Waals surface area (Å²) in [6, 6.07) is 8.57. The van der Waals surface area contributed by atoms with Crippen molar-refractivity contribution in [3.63, 3.8) is 0 Å². The summed E-state index contributed by atoms with van der Waals surface area (Å²) >= 11 is 0. The molecule has 21 heavy (non-hydrogen) atoms. The highest BCUT2D eigenvalue weighted by Gasteiger charge is 2.15. The number of benzene rings is 2. The Hall–Kier alpha value is -2.61. The zero-order chi connectivity index (χ0) is 15.6. The predicted octanol–water partition coefficient (Wildman–Crippen LogP) is 1.31. The summed E-state index contributed by atoms with van der Waals surface area (Å²) in [5.74, 6) is -1.29. The van der Waals surface area contributed by atoms with Crippen LogP contribution in [-0.2, 0) is 10.0 Å². The minimum Gasteiger partial charge on any atom is -0.396 e. The monoisotopic (exact) mass is 309 g/mol. The Morgan fingerprint density at radius 2 is 1.71 bits per heavy atom. The molecule has 0 aliphatic heterocycles. The fourth-order valence-corrected chi connectivity index (χ4v) is 2.67. The summed E-state index contributed by atoms with van der Waals surface area (Å²) in [5, 5.41) is 0. The first kappa shape index (κ1) is 14.8. The number of nitrogen functional groups attached to an aromatic ring is 1. The number of hydrogen-bond donors (Lipinski definition) is 3.